The molecule has 2 aromatic carbocycles. The number of hydrogen-bond donors (Lipinski definition) is 4. The number of esters is 1. The quantitative estimate of drug-likeness (QED) is 0.198. The first kappa shape index (κ1) is 63.2. The maximum Gasteiger partial charge on any atom is 0.329 e. The van der Waals surface area contributed by atoms with Crippen molar-refractivity contribution in [1.82, 2.24) is 40.9 Å². The molecule has 8 amide bonds. The van der Waals surface area contributed by atoms with Crippen LogP contribution in [0.2, 0.25) is 0 Å². The minimum atomic E-state index is -1.40. The van der Waals surface area contributed by atoms with Crippen LogP contribution in [-0.2, 0) is 60.7 Å². The lowest BCUT2D eigenvalue weighted by molar-refractivity contribution is -0.168. The lowest BCUT2D eigenvalue weighted by atomic mass is 9.94. The van der Waals surface area contributed by atoms with Crippen LogP contribution >= 0.6 is 0 Å². The Kier molecular flexibility index (Phi) is 23.7. The average molecular weight is 1070 g/mol. The average Bonchev–Trinajstić information content (AvgIpc) is 3.89. The number of hydrogen-bond acceptors (Lipinski definition) is 10. The van der Waals surface area contributed by atoms with E-state index < -0.39 is 137 Å². The normalized spacial score (nSPS) is 26.6. The van der Waals surface area contributed by atoms with Gasteiger partial charge in [0.05, 0.1) is 0 Å². The highest BCUT2D eigenvalue weighted by Crippen LogP contribution is 2.26. The lowest BCUT2D eigenvalue weighted by Gasteiger charge is -2.37. The van der Waals surface area contributed by atoms with E-state index in [-0.39, 0.29) is 38.1 Å². The maximum atomic E-state index is 15.3. The smallest absolute Gasteiger partial charge is 0.329 e. The SMILES string of the molecule is CC[C@@H](C)[C@H]1NC(=O)[C@@H]2CCCN2C(=O)[C@@H](Cc2ccccc2)N(C)C(=O)[C@@H](Cc2ccccc2)NC(=O)[C@H](C(C)C)N(C)C(=O)[C@@H]([C@H](C)CC)OC(=O)[C@@H](C(C)C)NC(=O)[C@H](CC(C)C)NC(=O)[C@@H](C(C)C)N(C)C1=O. The van der Waals surface area contributed by atoms with Gasteiger partial charge in [0.25, 0.3) is 5.91 Å². The molecule has 2 aliphatic heterocycles. The van der Waals surface area contributed by atoms with Crippen LogP contribution in [0, 0.1) is 35.5 Å². The molecule has 77 heavy (non-hydrogen) atoms. The van der Waals surface area contributed by atoms with Crippen LogP contribution < -0.4 is 21.3 Å². The third kappa shape index (κ3) is 16.4. The van der Waals surface area contributed by atoms with Gasteiger partial charge in [0.1, 0.15) is 48.3 Å². The second-order valence-corrected chi connectivity index (χ2v) is 22.9. The van der Waals surface area contributed by atoms with Gasteiger partial charge in [-0.05, 0) is 66.4 Å². The van der Waals surface area contributed by atoms with Crippen LogP contribution in [0.1, 0.15) is 126 Å². The molecule has 0 spiro atoms. The summed E-state index contributed by atoms with van der Waals surface area (Å²) in [7, 11) is 4.45. The van der Waals surface area contributed by atoms with E-state index in [0.717, 1.165) is 5.56 Å². The van der Waals surface area contributed by atoms with Crippen LogP contribution in [0.15, 0.2) is 60.7 Å². The number of nitrogens with zero attached hydrogens (tertiary/aromatic N) is 4. The Morgan fingerprint density at radius 3 is 1.51 bits per heavy atom. The van der Waals surface area contributed by atoms with E-state index in [1.165, 1.54) is 40.7 Å². The molecular formula is C59H90N8O10. The summed E-state index contributed by atoms with van der Waals surface area (Å²) in [6, 6.07) is 9.00. The van der Waals surface area contributed by atoms with E-state index in [1.807, 2.05) is 95.3 Å². The molecule has 426 valence electrons. The summed E-state index contributed by atoms with van der Waals surface area (Å²) >= 11 is 0. The number of fused-ring (bicyclic) bond motifs is 1. The fourth-order valence-electron chi connectivity index (χ4n) is 10.4. The Hall–Kier alpha value is -6.33. The molecule has 2 fully saturated rings. The van der Waals surface area contributed by atoms with Crippen molar-refractivity contribution < 1.29 is 47.9 Å². The van der Waals surface area contributed by atoms with Gasteiger partial charge in [-0.2, -0.15) is 0 Å². The molecule has 0 radical (unpaired) electrons. The van der Waals surface area contributed by atoms with Gasteiger partial charge in [-0.25, -0.2) is 4.79 Å². The third-order valence-electron chi connectivity index (χ3n) is 15.4. The monoisotopic (exact) mass is 1070 g/mol. The number of cyclic esters (lactones) is 1. The minimum absolute atomic E-state index is 0.0188. The van der Waals surface area contributed by atoms with Crippen LogP contribution in [0.5, 0.6) is 0 Å². The molecule has 4 rings (SSSR count). The second-order valence-electron chi connectivity index (χ2n) is 22.9. The number of rotatable bonds is 13. The summed E-state index contributed by atoms with van der Waals surface area (Å²) in [5.74, 6) is -8.34. The zero-order chi connectivity index (χ0) is 57.6. The fourth-order valence-corrected chi connectivity index (χ4v) is 10.4. The number of benzene rings is 2. The molecule has 0 bridgehead atoms. The lowest BCUT2D eigenvalue weighted by Crippen LogP contribution is -2.62. The van der Waals surface area contributed by atoms with Crippen molar-refractivity contribution in [2.75, 3.05) is 27.7 Å². The number of likely N-dealkylation sites (N-methyl/N-ethyl adjacent to an activating group) is 3. The minimum Gasteiger partial charge on any atom is -0.450 e. The van der Waals surface area contributed by atoms with Gasteiger partial charge in [-0.3, -0.25) is 38.4 Å². The Bertz CT molecular complexity index is 2350. The Labute approximate surface area is 457 Å². The van der Waals surface area contributed by atoms with Crippen molar-refractivity contribution in [3.63, 3.8) is 0 Å². The maximum absolute atomic E-state index is 15.3. The number of ether oxygens (including phenoxy) is 1. The van der Waals surface area contributed by atoms with E-state index >= 15 is 9.59 Å². The summed E-state index contributed by atoms with van der Waals surface area (Å²) in [6.45, 7) is 21.7. The molecular weight excluding hydrogens is 981 g/mol. The first-order chi connectivity index (χ1) is 36.2. The molecule has 2 saturated heterocycles. The van der Waals surface area contributed by atoms with E-state index in [1.54, 1.807) is 48.5 Å². The molecule has 0 saturated carbocycles. The summed E-state index contributed by atoms with van der Waals surface area (Å²) in [4.78, 5) is 138. The van der Waals surface area contributed by atoms with Gasteiger partial charge in [0, 0.05) is 46.4 Å². The van der Waals surface area contributed by atoms with Crippen LogP contribution in [-0.4, -0.2) is 155 Å². The van der Waals surface area contributed by atoms with Crippen molar-refractivity contribution in [2.24, 2.45) is 35.5 Å². The highest BCUT2D eigenvalue weighted by molar-refractivity contribution is 5.99. The Morgan fingerprint density at radius 2 is 1.01 bits per heavy atom. The first-order valence-electron chi connectivity index (χ1n) is 27.9. The molecule has 2 aromatic rings. The predicted molar refractivity (Wildman–Crippen MR) is 295 cm³/mol. The van der Waals surface area contributed by atoms with Crippen LogP contribution in [0.3, 0.4) is 0 Å². The third-order valence-corrected chi connectivity index (χ3v) is 15.4. The van der Waals surface area contributed by atoms with Crippen molar-refractivity contribution in [2.45, 2.75) is 182 Å². The molecule has 2 aliphatic rings. The van der Waals surface area contributed by atoms with Crippen LogP contribution in [0.25, 0.3) is 0 Å². The standard InChI is InChI=1S/C59H90N8O10/c1-16-38(11)47-57(74)65(14)48(36(7)8)53(70)60-42(31-34(3)4)51(68)62-46(35(5)6)59(76)77-50(39(12)17-2)58(75)66(15)49(37(9)10)54(71)61-43(32-40-25-20-18-21-26-40)55(72)64(13)45(33-41-27-22-19-23-28-41)56(73)67-30-24-29-44(67)52(69)63-47/h18-23,25-28,34-39,42-50H,16-17,24,29-33H2,1-15H3,(H,60,70)(H,61,71)(H,62,68)(H,63,69)/t38-,39-,42+,43-,44+,45-,46-,47-,48-,49+,50-/m1/s1. The molecule has 2 heterocycles. The summed E-state index contributed by atoms with van der Waals surface area (Å²) in [5.41, 5.74) is 1.45. The van der Waals surface area contributed by atoms with Gasteiger partial charge < -0.3 is 45.6 Å². The van der Waals surface area contributed by atoms with E-state index in [2.05, 4.69) is 21.3 Å². The number of carbonyl (C=O) groups is 9. The van der Waals surface area contributed by atoms with Crippen molar-refractivity contribution in [1.29, 1.82) is 0 Å². The van der Waals surface area contributed by atoms with Gasteiger partial charge in [-0.15, -0.1) is 0 Å². The zero-order valence-corrected chi connectivity index (χ0v) is 48.5. The number of nitrogens with one attached hydrogen (secondary N) is 4. The molecule has 0 aliphatic carbocycles. The highest BCUT2D eigenvalue weighted by Gasteiger charge is 2.45. The summed E-state index contributed by atoms with van der Waals surface area (Å²) < 4.78 is 6.10. The first-order valence-corrected chi connectivity index (χ1v) is 27.9. The zero-order valence-electron chi connectivity index (χ0n) is 48.5. The van der Waals surface area contributed by atoms with Gasteiger partial charge >= 0.3 is 5.97 Å². The Balaban J connectivity index is 1.94. The summed E-state index contributed by atoms with van der Waals surface area (Å²) in [5, 5.41) is 11.6. The van der Waals surface area contributed by atoms with Crippen LogP contribution in [0.4, 0.5) is 0 Å². The van der Waals surface area contributed by atoms with Gasteiger partial charge in [0.15, 0.2) is 6.10 Å². The van der Waals surface area contributed by atoms with E-state index in [4.69, 9.17) is 4.74 Å². The second kappa shape index (κ2) is 28.9. The Morgan fingerprint density at radius 1 is 0.519 bits per heavy atom. The van der Waals surface area contributed by atoms with Crippen molar-refractivity contribution in [3.8, 4) is 0 Å². The highest BCUT2D eigenvalue weighted by atomic mass is 16.6. The molecule has 0 unspecified atom stereocenters. The molecule has 11 atom stereocenters. The topological polar surface area (TPSA) is 224 Å². The molecule has 18 nitrogen and oxygen atoms in total. The van der Waals surface area contributed by atoms with Gasteiger partial charge in [-0.1, -0.05) is 150 Å². The van der Waals surface area contributed by atoms with Gasteiger partial charge in [0.2, 0.25) is 41.4 Å². The number of amides is 8. The molecule has 18 heteroatoms. The van der Waals surface area contributed by atoms with E-state index in [9.17, 15) is 33.6 Å². The molecule has 4 N–H and O–H groups in total. The summed E-state index contributed by atoms with van der Waals surface area (Å²) in [6.07, 6.45) is 0.466. The van der Waals surface area contributed by atoms with Crippen molar-refractivity contribution in [3.05, 3.63) is 71.8 Å². The number of carbonyl (C=O) groups excluding carboxylic acids is 9. The largest absolute Gasteiger partial charge is 0.450 e. The fraction of sp³-hybridized carbons (Fsp3) is 0.644. The predicted octanol–water partition coefficient (Wildman–Crippen LogP) is 4.91. The van der Waals surface area contributed by atoms with E-state index in [0.29, 0.717) is 24.8 Å². The van der Waals surface area contributed by atoms with Crippen molar-refractivity contribution >= 4 is 53.2 Å². The molecule has 0 aromatic heterocycles.